The van der Waals surface area contributed by atoms with Gasteiger partial charge in [0, 0.05) is 31.0 Å². The van der Waals surface area contributed by atoms with E-state index in [2.05, 4.69) is 29.1 Å². The van der Waals surface area contributed by atoms with Crippen molar-refractivity contribution in [2.75, 3.05) is 7.05 Å². The summed E-state index contributed by atoms with van der Waals surface area (Å²) in [7, 11) is 4.10. The molecule has 1 heterocycles. The lowest BCUT2D eigenvalue weighted by atomic mass is 10.2. The lowest BCUT2D eigenvalue weighted by Gasteiger charge is -2.16. The van der Waals surface area contributed by atoms with Crippen LogP contribution in [-0.2, 0) is 20.1 Å². The molecule has 90 valence electrons. The molecular weight excluding hydrogens is 234 g/mol. The van der Waals surface area contributed by atoms with Gasteiger partial charge in [-0.1, -0.05) is 23.7 Å². The number of halogens is 1. The van der Waals surface area contributed by atoms with Crippen LogP contribution in [0.2, 0.25) is 5.02 Å². The van der Waals surface area contributed by atoms with Crippen LogP contribution in [0.5, 0.6) is 0 Å². The van der Waals surface area contributed by atoms with E-state index in [4.69, 9.17) is 11.6 Å². The monoisotopic (exact) mass is 249 g/mol. The van der Waals surface area contributed by atoms with Gasteiger partial charge in [-0.15, -0.1) is 0 Å². The lowest BCUT2D eigenvalue weighted by molar-refractivity contribution is 0.307. The van der Waals surface area contributed by atoms with Gasteiger partial charge < -0.3 is 4.57 Å². The van der Waals surface area contributed by atoms with Crippen LogP contribution in [0.4, 0.5) is 0 Å². The van der Waals surface area contributed by atoms with Gasteiger partial charge in [0.15, 0.2) is 0 Å². The van der Waals surface area contributed by atoms with E-state index in [1.54, 1.807) is 0 Å². The van der Waals surface area contributed by atoms with Gasteiger partial charge in [-0.05, 0) is 24.7 Å². The fraction of sp³-hybridized carbons (Fsp3) is 0.308. The van der Waals surface area contributed by atoms with Crippen LogP contribution in [0.1, 0.15) is 11.4 Å². The van der Waals surface area contributed by atoms with Crippen molar-refractivity contribution in [3.05, 3.63) is 53.1 Å². The summed E-state index contributed by atoms with van der Waals surface area (Å²) in [5, 5.41) is 0.778. The number of rotatable bonds is 4. The highest BCUT2D eigenvalue weighted by molar-refractivity contribution is 6.30. The predicted octanol–water partition coefficient (Wildman–Crippen LogP) is 2.71. The molecule has 0 spiro atoms. The minimum absolute atomic E-state index is 0.778. The molecule has 0 saturated heterocycles. The molecule has 0 N–H and O–H groups in total. The van der Waals surface area contributed by atoms with E-state index in [1.165, 1.54) is 5.56 Å². The molecular formula is C13H16ClN3. The first-order valence-electron chi connectivity index (χ1n) is 5.54. The average molecular weight is 250 g/mol. The van der Waals surface area contributed by atoms with Crippen molar-refractivity contribution in [2.45, 2.75) is 13.1 Å². The highest BCUT2D eigenvalue weighted by Crippen LogP contribution is 2.11. The Morgan fingerprint density at radius 2 is 1.94 bits per heavy atom. The van der Waals surface area contributed by atoms with Crippen molar-refractivity contribution in [3.63, 3.8) is 0 Å². The van der Waals surface area contributed by atoms with Crippen molar-refractivity contribution in [2.24, 2.45) is 7.05 Å². The highest BCUT2D eigenvalue weighted by Gasteiger charge is 2.05. The number of aromatic nitrogens is 2. The fourth-order valence-electron chi connectivity index (χ4n) is 1.75. The van der Waals surface area contributed by atoms with Gasteiger partial charge in [-0.2, -0.15) is 0 Å². The zero-order chi connectivity index (χ0) is 12.3. The summed E-state index contributed by atoms with van der Waals surface area (Å²) in [6.45, 7) is 1.73. The minimum atomic E-state index is 0.778. The molecule has 3 nitrogen and oxygen atoms in total. The predicted molar refractivity (Wildman–Crippen MR) is 69.8 cm³/mol. The molecule has 0 aliphatic rings. The zero-order valence-corrected chi connectivity index (χ0v) is 10.9. The standard InChI is InChI=1S/C13H16ClN3/c1-16(10-13-15-7-8-17(13)2)9-11-3-5-12(14)6-4-11/h3-8H,9-10H2,1-2H3. The second-order valence-corrected chi connectivity index (χ2v) is 4.69. The van der Waals surface area contributed by atoms with E-state index in [0.29, 0.717) is 0 Å². The van der Waals surface area contributed by atoms with E-state index in [1.807, 2.05) is 36.1 Å². The first kappa shape index (κ1) is 12.1. The largest absolute Gasteiger partial charge is 0.337 e. The van der Waals surface area contributed by atoms with Crippen molar-refractivity contribution in [3.8, 4) is 0 Å². The first-order valence-corrected chi connectivity index (χ1v) is 5.92. The maximum Gasteiger partial charge on any atom is 0.122 e. The Kier molecular flexibility index (Phi) is 3.82. The maximum atomic E-state index is 5.86. The molecule has 2 rings (SSSR count). The third kappa shape index (κ3) is 3.32. The van der Waals surface area contributed by atoms with Crippen LogP contribution < -0.4 is 0 Å². The molecule has 0 bridgehead atoms. The summed E-state index contributed by atoms with van der Waals surface area (Å²) in [4.78, 5) is 6.54. The molecule has 0 fully saturated rings. The van der Waals surface area contributed by atoms with Crippen molar-refractivity contribution in [1.29, 1.82) is 0 Å². The van der Waals surface area contributed by atoms with Gasteiger partial charge in [-0.25, -0.2) is 4.98 Å². The summed E-state index contributed by atoms with van der Waals surface area (Å²) < 4.78 is 2.04. The second-order valence-electron chi connectivity index (χ2n) is 4.25. The fourth-order valence-corrected chi connectivity index (χ4v) is 1.87. The van der Waals surface area contributed by atoms with Gasteiger partial charge in [0.2, 0.25) is 0 Å². The number of nitrogens with zero attached hydrogens (tertiary/aromatic N) is 3. The van der Waals surface area contributed by atoms with Gasteiger partial charge >= 0.3 is 0 Å². The van der Waals surface area contributed by atoms with E-state index >= 15 is 0 Å². The number of imidazole rings is 1. The van der Waals surface area contributed by atoms with Crippen LogP contribution in [0.3, 0.4) is 0 Å². The van der Waals surface area contributed by atoms with E-state index in [9.17, 15) is 0 Å². The van der Waals surface area contributed by atoms with Crippen LogP contribution in [0, 0.1) is 0 Å². The number of aryl methyl sites for hydroxylation is 1. The summed E-state index contributed by atoms with van der Waals surface area (Å²) in [5.41, 5.74) is 1.26. The molecule has 0 aliphatic heterocycles. The second kappa shape index (κ2) is 5.34. The van der Waals surface area contributed by atoms with Crippen LogP contribution in [0.15, 0.2) is 36.7 Å². The minimum Gasteiger partial charge on any atom is -0.337 e. The third-order valence-electron chi connectivity index (χ3n) is 2.70. The average Bonchev–Trinajstić information content (AvgIpc) is 2.68. The van der Waals surface area contributed by atoms with E-state index < -0.39 is 0 Å². The number of hydrogen-bond donors (Lipinski definition) is 0. The summed E-state index contributed by atoms with van der Waals surface area (Å²) in [6.07, 6.45) is 3.79. The van der Waals surface area contributed by atoms with Crippen LogP contribution in [-0.4, -0.2) is 21.5 Å². The molecule has 0 amide bonds. The molecule has 2 aromatic rings. The number of benzene rings is 1. The molecule has 17 heavy (non-hydrogen) atoms. The molecule has 4 heteroatoms. The molecule has 0 radical (unpaired) electrons. The lowest BCUT2D eigenvalue weighted by Crippen LogP contribution is -2.19. The van der Waals surface area contributed by atoms with Crippen molar-refractivity contribution < 1.29 is 0 Å². The summed E-state index contributed by atoms with van der Waals surface area (Å²) in [6, 6.07) is 7.95. The molecule has 1 aromatic heterocycles. The SMILES string of the molecule is CN(Cc1ccc(Cl)cc1)Cc1nccn1C. The van der Waals surface area contributed by atoms with Crippen LogP contribution in [0.25, 0.3) is 0 Å². The van der Waals surface area contributed by atoms with Gasteiger partial charge in [0.1, 0.15) is 5.82 Å². The molecule has 0 aliphatic carbocycles. The quantitative estimate of drug-likeness (QED) is 0.831. The molecule has 0 unspecified atom stereocenters. The Morgan fingerprint density at radius 3 is 2.53 bits per heavy atom. The Morgan fingerprint density at radius 1 is 1.24 bits per heavy atom. The van der Waals surface area contributed by atoms with Crippen LogP contribution >= 0.6 is 11.6 Å². The Labute approximate surface area is 107 Å². The van der Waals surface area contributed by atoms with Crippen molar-refractivity contribution >= 4 is 11.6 Å². The Balaban J connectivity index is 1.95. The molecule has 1 aromatic carbocycles. The smallest absolute Gasteiger partial charge is 0.122 e. The number of hydrogen-bond acceptors (Lipinski definition) is 2. The normalized spacial score (nSPS) is 11.1. The van der Waals surface area contributed by atoms with Gasteiger partial charge in [-0.3, -0.25) is 4.90 Å². The van der Waals surface area contributed by atoms with Gasteiger partial charge in [0.05, 0.1) is 6.54 Å². The van der Waals surface area contributed by atoms with E-state index in [0.717, 1.165) is 23.9 Å². The highest BCUT2D eigenvalue weighted by atomic mass is 35.5. The van der Waals surface area contributed by atoms with E-state index in [-0.39, 0.29) is 0 Å². The Bertz CT molecular complexity index is 476. The topological polar surface area (TPSA) is 21.1 Å². The van der Waals surface area contributed by atoms with Gasteiger partial charge in [0.25, 0.3) is 0 Å². The van der Waals surface area contributed by atoms with Crippen molar-refractivity contribution in [1.82, 2.24) is 14.5 Å². The first-order chi connectivity index (χ1) is 8.15. The molecule has 0 saturated carbocycles. The third-order valence-corrected chi connectivity index (χ3v) is 2.95. The summed E-state index contributed by atoms with van der Waals surface area (Å²) >= 11 is 5.86. The Hall–Kier alpha value is -1.32. The zero-order valence-electron chi connectivity index (χ0n) is 10.1. The molecule has 0 atom stereocenters. The summed E-state index contributed by atoms with van der Waals surface area (Å²) in [5.74, 6) is 1.07. The maximum absolute atomic E-state index is 5.86.